The molecule has 228 valence electrons. The Bertz CT molecular complexity index is 809. The zero-order valence-electron chi connectivity index (χ0n) is 23.8. The van der Waals surface area contributed by atoms with Crippen LogP contribution in [-0.2, 0) is 10.0 Å². The predicted molar refractivity (Wildman–Crippen MR) is 148 cm³/mol. The highest BCUT2D eigenvalue weighted by Crippen LogP contribution is 2.27. The third-order valence-electron chi connectivity index (χ3n) is 6.22. The normalized spacial score (nSPS) is 12.9. The Morgan fingerprint density at radius 2 is 1.00 bits per heavy atom. The summed E-state index contributed by atoms with van der Waals surface area (Å²) in [5.74, 6) is -1.86. The number of benzene rings is 1. The van der Waals surface area contributed by atoms with Crippen molar-refractivity contribution >= 4 is 17.3 Å². The summed E-state index contributed by atoms with van der Waals surface area (Å²) >= 11 is 0. The molecule has 0 aliphatic carbocycles. The van der Waals surface area contributed by atoms with Crippen LogP contribution in [0.2, 0.25) is 0 Å². The van der Waals surface area contributed by atoms with Gasteiger partial charge in [-0.3, -0.25) is 0 Å². The molecule has 0 spiro atoms. The first-order chi connectivity index (χ1) is 18.4. The van der Waals surface area contributed by atoms with Crippen molar-refractivity contribution < 1.29 is 35.5 Å². The van der Waals surface area contributed by atoms with E-state index in [1.54, 1.807) is 18.2 Å². The van der Waals surface area contributed by atoms with Gasteiger partial charge in [0.2, 0.25) is 15.4 Å². The third kappa shape index (κ3) is 26.3. The van der Waals surface area contributed by atoms with Gasteiger partial charge in [0.1, 0.15) is 0 Å². The van der Waals surface area contributed by atoms with Gasteiger partial charge < -0.3 is 17.3 Å². The van der Waals surface area contributed by atoms with E-state index in [0.29, 0.717) is 6.42 Å². The molecule has 0 amide bonds. The zero-order valence-corrected chi connectivity index (χ0v) is 24.6. The Kier molecular flexibility index (Phi) is 24.3. The molecule has 0 fully saturated rings. The minimum absolute atomic E-state index is 0.131. The first-order valence-corrected chi connectivity index (χ1v) is 15.8. The number of nitrogens with one attached hydrogen (secondary N) is 2. The standard InChI is InChI=1S/C27H48FNO2S.BF4.N2/c1-3-5-7-9-10-11-12-13-14-16-21-25-27(28,24-20-15-8-6-4-2)29-32(30,31)26-22-18-17-19-23-26;2-1(3,4)5;1-2/h17-19,22-23,29H,3-16,20-21,24-25H2,1-2H3;;/q;-1;/p+1. The van der Waals surface area contributed by atoms with Crippen LogP contribution in [0.15, 0.2) is 35.2 Å². The number of alkyl halides is 1. The minimum atomic E-state index is -6.00. The lowest BCUT2D eigenvalue weighted by atomic mass is 9.98. The second kappa shape index (κ2) is 24.1. The lowest BCUT2D eigenvalue weighted by Crippen LogP contribution is -2.44. The summed E-state index contributed by atoms with van der Waals surface area (Å²) in [5, 5.41) is 11.0. The topological polar surface area (TPSA) is 93.8 Å². The molecule has 0 heterocycles. The smallest absolute Gasteiger partial charge is 0.418 e. The van der Waals surface area contributed by atoms with E-state index in [1.165, 1.54) is 63.5 Å². The van der Waals surface area contributed by atoms with E-state index in [9.17, 15) is 25.7 Å². The molecule has 1 rings (SSSR count). The largest absolute Gasteiger partial charge is 0.673 e. The molecule has 12 heteroatoms. The number of sulfonamides is 1. The van der Waals surface area contributed by atoms with Gasteiger partial charge in [-0.15, -0.1) is 0 Å². The predicted octanol–water partition coefficient (Wildman–Crippen LogP) is 8.27. The van der Waals surface area contributed by atoms with Gasteiger partial charge in [-0.1, -0.05) is 122 Å². The monoisotopic (exact) mass is 585 g/mol. The summed E-state index contributed by atoms with van der Waals surface area (Å²) in [6, 6.07) is 8.14. The van der Waals surface area contributed by atoms with Crippen molar-refractivity contribution in [3.05, 3.63) is 30.3 Å². The van der Waals surface area contributed by atoms with Crippen molar-refractivity contribution in [1.29, 1.82) is 5.39 Å². The van der Waals surface area contributed by atoms with Gasteiger partial charge in [0.25, 0.3) is 0 Å². The quantitative estimate of drug-likeness (QED) is 0.0500. The molecule has 1 aromatic carbocycles. The molecule has 5 nitrogen and oxygen atoms in total. The number of rotatable bonds is 21. The van der Waals surface area contributed by atoms with E-state index in [-0.39, 0.29) is 17.7 Å². The molecule has 1 atom stereocenters. The number of diazo groups is 1. The van der Waals surface area contributed by atoms with E-state index in [4.69, 9.17) is 10.8 Å². The van der Waals surface area contributed by atoms with Crippen molar-refractivity contribution in [2.45, 2.75) is 140 Å². The summed E-state index contributed by atoms with van der Waals surface area (Å²) < 4.78 is 82.7. The molecular formula is C27H49BF5N3O2S. The van der Waals surface area contributed by atoms with Crippen molar-refractivity contribution in [2.75, 3.05) is 0 Å². The second-order valence-corrected chi connectivity index (χ2v) is 11.5. The fourth-order valence-corrected chi connectivity index (χ4v) is 5.52. The highest BCUT2D eigenvalue weighted by molar-refractivity contribution is 7.89. The van der Waals surface area contributed by atoms with Gasteiger partial charge in [-0.2, -0.15) is 4.72 Å². The highest BCUT2D eigenvalue weighted by atomic mass is 32.2. The lowest BCUT2D eigenvalue weighted by molar-refractivity contribution is -0.175. The van der Waals surface area contributed by atoms with E-state index in [2.05, 4.69) is 18.6 Å². The first kappa shape index (κ1) is 39.4. The van der Waals surface area contributed by atoms with Crippen LogP contribution in [0.5, 0.6) is 0 Å². The second-order valence-electron chi connectivity index (χ2n) is 9.83. The number of nitrogens with zero attached hydrogens (tertiary/aromatic N) is 1. The van der Waals surface area contributed by atoms with Gasteiger partial charge in [0.05, 0.1) is 10.3 Å². The van der Waals surface area contributed by atoms with Crippen molar-refractivity contribution in [3.8, 4) is 0 Å². The van der Waals surface area contributed by atoms with Crippen molar-refractivity contribution in [3.63, 3.8) is 0 Å². The van der Waals surface area contributed by atoms with Gasteiger partial charge in [-0.05, 0) is 37.8 Å². The van der Waals surface area contributed by atoms with Crippen LogP contribution >= 0.6 is 0 Å². The van der Waals surface area contributed by atoms with Crippen molar-refractivity contribution in [1.82, 2.24) is 4.72 Å². The average molecular weight is 586 g/mol. The van der Waals surface area contributed by atoms with Crippen LogP contribution in [0.3, 0.4) is 0 Å². The molecule has 0 saturated heterocycles. The third-order valence-corrected chi connectivity index (χ3v) is 7.75. The van der Waals surface area contributed by atoms with Gasteiger partial charge >= 0.3 is 7.25 Å². The lowest BCUT2D eigenvalue weighted by Gasteiger charge is -2.27. The maximum atomic E-state index is 15.8. The minimum Gasteiger partial charge on any atom is -0.418 e. The van der Waals surface area contributed by atoms with Gasteiger partial charge in [0.15, 0.2) is 5.79 Å². The average Bonchev–Trinajstić information content (AvgIpc) is 2.88. The summed E-state index contributed by atoms with van der Waals surface area (Å²) in [6.07, 6.45) is 18.7. The van der Waals surface area contributed by atoms with Crippen LogP contribution in [0.25, 0.3) is 0 Å². The summed E-state index contributed by atoms with van der Waals surface area (Å²) in [5.41, 5.74) is 0. The number of hydrogen-bond acceptors (Lipinski definition) is 3. The Morgan fingerprint density at radius 3 is 1.33 bits per heavy atom. The zero-order chi connectivity index (χ0) is 30.0. The molecule has 2 N–H and O–H groups in total. The summed E-state index contributed by atoms with van der Waals surface area (Å²) in [4.78, 5) is 0.131. The van der Waals surface area contributed by atoms with E-state index in [1.807, 2.05) is 0 Å². The van der Waals surface area contributed by atoms with Gasteiger partial charge in [-0.25, -0.2) is 12.8 Å². The van der Waals surface area contributed by atoms with E-state index < -0.39 is 23.1 Å². The van der Waals surface area contributed by atoms with Crippen LogP contribution in [0.1, 0.15) is 129 Å². The van der Waals surface area contributed by atoms with E-state index in [0.717, 1.165) is 44.9 Å². The fraction of sp³-hybridized carbons (Fsp3) is 0.778. The SMILES string of the molecule is CCCCCCCCCCCCCC(F)(CCCCCCC)NS(=O)(=O)c1ccccc1.F[B-](F)(F)F.N#[NH+]. The number of unbranched alkanes of at least 4 members (excludes halogenated alkanes) is 14. The molecule has 1 aromatic rings. The molecule has 0 bridgehead atoms. The molecule has 1 unspecified atom stereocenters. The van der Waals surface area contributed by atoms with E-state index >= 15 is 4.39 Å². The molecule has 0 saturated carbocycles. The maximum absolute atomic E-state index is 15.8. The Labute approximate surface area is 233 Å². The fourth-order valence-electron chi connectivity index (χ4n) is 4.20. The first-order valence-electron chi connectivity index (χ1n) is 14.3. The number of hydrogen-bond donors (Lipinski definition) is 2. The maximum Gasteiger partial charge on any atom is 0.673 e. The van der Waals surface area contributed by atoms with Crippen molar-refractivity contribution in [2.24, 2.45) is 0 Å². The van der Waals surface area contributed by atoms with Crippen LogP contribution in [-0.4, -0.2) is 21.5 Å². The van der Waals surface area contributed by atoms with Crippen LogP contribution < -0.4 is 10.1 Å². The Morgan fingerprint density at radius 1 is 0.692 bits per heavy atom. The van der Waals surface area contributed by atoms with Crippen LogP contribution in [0.4, 0.5) is 21.7 Å². The molecular weight excluding hydrogens is 536 g/mol. The van der Waals surface area contributed by atoms with Gasteiger partial charge in [0, 0.05) is 0 Å². The molecule has 39 heavy (non-hydrogen) atoms. The molecule has 0 aliphatic rings. The molecule has 0 radical (unpaired) electrons. The Balaban J connectivity index is 0. The summed E-state index contributed by atoms with van der Waals surface area (Å²) in [7, 11) is -9.85. The molecule has 0 aliphatic heterocycles. The highest BCUT2D eigenvalue weighted by Gasteiger charge is 2.34. The van der Waals surface area contributed by atoms with Crippen LogP contribution in [0, 0.1) is 5.39 Å². The molecule has 0 aromatic heterocycles. The summed E-state index contributed by atoms with van der Waals surface area (Å²) in [6.45, 7) is 4.39. The Hall–Kier alpha value is -1.74. The number of halogens is 5.